The van der Waals surface area contributed by atoms with E-state index in [1.165, 1.54) is 6.07 Å². The molecule has 1 aromatic heterocycles. The highest BCUT2D eigenvalue weighted by Crippen LogP contribution is 2.16. The number of benzene rings is 1. The van der Waals surface area contributed by atoms with Crippen LogP contribution in [0.25, 0.3) is 0 Å². The number of nitrogens with one attached hydrogen (secondary N) is 1. The Bertz CT molecular complexity index is 737. The van der Waals surface area contributed by atoms with Gasteiger partial charge in [-0.1, -0.05) is 18.2 Å². The van der Waals surface area contributed by atoms with E-state index in [9.17, 15) is 14.3 Å². The second-order valence-corrected chi connectivity index (χ2v) is 7.45. The summed E-state index contributed by atoms with van der Waals surface area (Å²) in [6.45, 7) is 3.94. The zero-order chi connectivity index (χ0) is 17.8. The second-order valence-electron chi connectivity index (χ2n) is 6.39. The standard InChI is InChI=1S/C18H22FN3O2S/c1-12-20-14(11-25-12)9-22-7-6-16(17(23)10-22)21-18(24)8-13-4-2-3-5-15(13)19/h2-5,11,16-17,23H,6-10H2,1H3,(H,21,24)/t16-,17-/m1/s1. The Labute approximate surface area is 150 Å². The number of aliphatic hydroxyl groups is 1. The molecule has 0 saturated carbocycles. The molecule has 2 N–H and O–H groups in total. The predicted molar refractivity (Wildman–Crippen MR) is 94.8 cm³/mol. The second kappa shape index (κ2) is 8.03. The first-order valence-corrected chi connectivity index (χ1v) is 9.23. The number of thiazole rings is 1. The maximum Gasteiger partial charge on any atom is 0.224 e. The van der Waals surface area contributed by atoms with Crippen LogP contribution in [0.15, 0.2) is 29.6 Å². The number of hydrogen-bond acceptors (Lipinski definition) is 5. The summed E-state index contributed by atoms with van der Waals surface area (Å²) in [5.41, 5.74) is 1.38. The fourth-order valence-electron chi connectivity index (χ4n) is 3.09. The number of carbonyl (C=O) groups is 1. The average Bonchev–Trinajstić information content (AvgIpc) is 2.97. The molecule has 134 valence electrons. The molecule has 3 rings (SSSR count). The lowest BCUT2D eigenvalue weighted by Gasteiger charge is -2.36. The first-order valence-electron chi connectivity index (χ1n) is 8.35. The number of rotatable bonds is 5. The van der Waals surface area contributed by atoms with Crippen LogP contribution in [0, 0.1) is 12.7 Å². The normalized spacial score (nSPS) is 21.2. The summed E-state index contributed by atoms with van der Waals surface area (Å²) in [5.74, 6) is -0.649. The van der Waals surface area contributed by atoms with Gasteiger partial charge in [-0.05, 0) is 25.0 Å². The smallest absolute Gasteiger partial charge is 0.224 e. The minimum Gasteiger partial charge on any atom is -0.390 e. The fourth-order valence-corrected chi connectivity index (χ4v) is 3.70. The molecule has 1 aliphatic rings. The molecule has 1 aliphatic heterocycles. The lowest BCUT2D eigenvalue weighted by atomic mass is 10.0. The zero-order valence-corrected chi connectivity index (χ0v) is 14.9. The quantitative estimate of drug-likeness (QED) is 0.851. The summed E-state index contributed by atoms with van der Waals surface area (Å²) in [6, 6.07) is 5.95. The van der Waals surface area contributed by atoms with E-state index in [1.807, 2.05) is 12.3 Å². The number of aromatic nitrogens is 1. The number of aryl methyl sites for hydroxylation is 1. The van der Waals surface area contributed by atoms with E-state index in [-0.39, 0.29) is 24.2 Å². The first kappa shape index (κ1) is 18.0. The van der Waals surface area contributed by atoms with Crippen molar-refractivity contribution in [2.24, 2.45) is 0 Å². The van der Waals surface area contributed by atoms with Crippen LogP contribution in [0.4, 0.5) is 4.39 Å². The highest BCUT2D eigenvalue weighted by molar-refractivity contribution is 7.09. The van der Waals surface area contributed by atoms with Gasteiger partial charge in [-0.2, -0.15) is 0 Å². The molecule has 1 amide bonds. The zero-order valence-electron chi connectivity index (χ0n) is 14.1. The van der Waals surface area contributed by atoms with Crippen molar-refractivity contribution in [1.29, 1.82) is 0 Å². The lowest BCUT2D eigenvalue weighted by Crippen LogP contribution is -2.54. The summed E-state index contributed by atoms with van der Waals surface area (Å²) in [4.78, 5) is 18.7. The maximum atomic E-state index is 13.6. The number of β-amino-alcohol motifs (C(OH)–C–C–N with tert-alkyl or cyclic N) is 1. The number of aliphatic hydroxyl groups excluding tert-OH is 1. The molecule has 5 nitrogen and oxygen atoms in total. The molecule has 1 aromatic carbocycles. The van der Waals surface area contributed by atoms with E-state index < -0.39 is 6.10 Å². The summed E-state index contributed by atoms with van der Waals surface area (Å²) in [7, 11) is 0. The van der Waals surface area contributed by atoms with Gasteiger partial charge in [0.2, 0.25) is 5.91 Å². The van der Waals surface area contributed by atoms with Crippen molar-refractivity contribution in [3.63, 3.8) is 0 Å². The molecule has 2 aromatic rings. The first-order chi connectivity index (χ1) is 12.0. The van der Waals surface area contributed by atoms with Crippen molar-refractivity contribution in [2.75, 3.05) is 13.1 Å². The van der Waals surface area contributed by atoms with Crippen LogP contribution in [0.2, 0.25) is 0 Å². The van der Waals surface area contributed by atoms with Gasteiger partial charge in [-0.25, -0.2) is 9.37 Å². The largest absolute Gasteiger partial charge is 0.390 e. The van der Waals surface area contributed by atoms with Crippen LogP contribution in [-0.2, 0) is 17.8 Å². The van der Waals surface area contributed by atoms with Crippen LogP contribution in [0.1, 0.15) is 22.7 Å². The van der Waals surface area contributed by atoms with Gasteiger partial charge in [0.25, 0.3) is 0 Å². The van der Waals surface area contributed by atoms with Gasteiger partial charge in [-0.3, -0.25) is 9.69 Å². The van der Waals surface area contributed by atoms with Crippen molar-refractivity contribution < 1.29 is 14.3 Å². The highest BCUT2D eigenvalue weighted by Gasteiger charge is 2.29. The predicted octanol–water partition coefficient (Wildman–Crippen LogP) is 1.88. The van der Waals surface area contributed by atoms with Crippen molar-refractivity contribution >= 4 is 17.2 Å². The molecule has 0 radical (unpaired) electrons. The Morgan fingerprint density at radius 3 is 2.96 bits per heavy atom. The Hall–Kier alpha value is -1.83. The van der Waals surface area contributed by atoms with Gasteiger partial charge in [0.05, 0.1) is 29.3 Å². The van der Waals surface area contributed by atoms with Crippen molar-refractivity contribution in [1.82, 2.24) is 15.2 Å². The molecule has 0 bridgehead atoms. The van der Waals surface area contributed by atoms with Crippen molar-refractivity contribution in [3.05, 3.63) is 51.7 Å². The van der Waals surface area contributed by atoms with Crippen molar-refractivity contribution in [2.45, 2.75) is 38.5 Å². The Morgan fingerprint density at radius 1 is 1.48 bits per heavy atom. The molecule has 1 saturated heterocycles. The molecule has 25 heavy (non-hydrogen) atoms. The van der Waals surface area contributed by atoms with E-state index in [2.05, 4.69) is 15.2 Å². The van der Waals surface area contributed by atoms with Gasteiger partial charge < -0.3 is 10.4 Å². The molecule has 2 atom stereocenters. The van der Waals surface area contributed by atoms with Crippen LogP contribution in [0.3, 0.4) is 0 Å². The minimum atomic E-state index is -0.641. The number of carbonyl (C=O) groups excluding carboxylic acids is 1. The number of nitrogens with zero attached hydrogens (tertiary/aromatic N) is 2. The van der Waals surface area contributed by atoms with Gasteiger partial charge in [0, 0.05) is 25.0 Å². The molecule has 2 heterocycles. The van der Waals surface area contributed by atoms with Crippen LogP contribution < -0.4 is 5.32 Å². The Morgan fingerprint density at radius 2 is 2.28 bits per heavy atom. The van der Waals surface area contributed by atoms with Crippen LogP contribution >= 0.6 is 11.3 Å². The molecule has 1 fully saturated rings. The van der Waals surface area contributed by atoms with Gasteiger partial charge in [-0.15, -0.1) is 11.3 Å². The summed E-state index contributed by atoms with van der Waals surface area (Å²) in [6.07, 6.45) is 0.00316. The number of hydrogen-bond donors (Lipinski definition) is 2. The minimum absolute atomic E-state index is 0.0162. The number of amides is 1. The Balaban J connectivity index is 1.49. The van der Waals surface area contributed by atoms with E-state index >= 15 is 0 Å². The third-order valence-electron chi connectivity index (χ3n) is 4.37. The number of halogens is 1. The summed E-state index contributed by atoms with van der Waals surface area (Å²) < 4.78 is 13.6. The molecular formula is C18H22FN3O2S. The third-order valence-corrected chi connectivity index (χ3v) is 5.20. The molecule has 7 heteroatoms. The molecule has 0 spiro atoms. The van der Waals surface area contributed by atoms with Crippen molar-refractivity contribution in [3.8, 4) is 0 Å². The third kappa shape index (κ3) is 4.84. The van der Waals surface area contributed by atoms with Gasteiger partial charge >= 0.3 is 0 Å². The van der Waals surface area contributed by atoms with E-state index in [0.717, 1.165) is 17.2 Å². The average molecular weight is 363 g/mol. The summed E-state index contributed by atoms with van der Waals surface area (Å²) in [5, 5.41) is 16.2. The maximum absolute atomic E-state index is 13.6. The van der Waals surface area contributed by atoms with Gasteiger partial charge in [0.1, 0.15) is 5.82 Å². The molecule has 0 unspecified atom stereocenters. The lowest BCUT2D eigenvalue weighted by molar-refractivity contribution is -0.122. The summed E-state index contributed by atoms with van der Waals surface area (Å²) >= 11 is 1.62. The number of piperidine rings is 1. The molecular weight excluding hydrogens is 341 g/mol. The van der Waals surface area contributed by atoms with E-state index in [1.54, 1.807) is 29.5 Å². The molecule has 0 aliphatic carbocycles. The Kier molecular flexibility index (Phi) is 5.78. The van der Waals surface area contributed by atoms with E-state index in [4.69, 9.17) is 0 Å². The van der Waals surface area contributed by atoms with E-state index in [0.29, 0.717) is 25.1 Å². The van der Waals surface area contributed by atoms with Crippen LogP contribution in [-0.4, -0.2) is 46.1 Å². The van der Waals surface area contributed by atoms with Crippen LogP contribution in [0.5, 0.6) is 0 Å². The highest BCUT2D eigenvalue weighted by atomic mass is 32.1. The SMILES string of the molecule is Cc1nc(CN2CC[C@@H](NC(=O)Cc3ccccc3F)[C@H](O)C2)cs1. The fraction of sp³-hybridized carbons (Fsp3) is 0.444. The van der Waals surface area contributed by atoms with Gasteiger partial charge in [0.15, 0.2) is 0 Å². The monoisotopic (exact) mass is 363 g/mol. The number of likely N-dealkylation sites (tertiary alicyclic amines) is 1. The topological polar surface area (TPSA) is 65.5 Å².